The van der Waals surface area contributed by atoms with Crippen LogP contribution in [-0.2, 0) is 14.3 Å². The fraction of sp³-hybridized carbons (Fsp3) is 0.875. The van der Waals surface area contributed by atoms with Crippen molar-refractivity contribution in [2.75, 3.05) is 33.4 Å². The Bertz CT molecular complexity index is 242. The molecule has 0 bridgehead atoms. The number of halogens is 1. The topological polar surface area (TPSA) is 47.6 Å². The average Bonchev–Trinajstić information content (AvgIpc) is 2.42. The Morgan fingerprint density at radius 3 is 2.69 bits per heavy atom. The standard InChI is InChI=1S/C8H12FNO3/c1-12-6(11)8(9)3-10-2-7(8)4-13-5-7/h10H,2-5H2,1H3. The quantitative estimate of drug-likeness (QED) is 0.564. The Morgan fingerprint density at radius 2 is 2.23 bits per heavy atom. The number of carbonyl (C=O) groups excluding carboxylic acids is 1. The van der Waals surface area contributed by atoms with Crippen molar-refractivity contribution in [1.29, 1.82) is 0 Å². The molecule has 2 heterocycles. The van der Waals surface area contributed by atoms with E-state index in [2.05, 4.69) is 10.1 Å². The van der Waals surface area contributed by atoms with Crippen LogP contribution >= 0.6 is 0 Å². The van der Waals surface area contributed by atoms with Crippen molar-refractivity contribution in [3.63, 3.8) is 0 Å². The molecule has 4 nitrogen and oxygen atoms in total. The molecule has 2 aliphatic rings. The highest BCUT2D eigenvalue weighted by molar-refractivity contribution is 5.82. The first-order valence-electron chi connectivity index (χ1n) is 4.20. The molecule has 0 aromatic heterocycles. The summed E-state index contributed by atoms with van der Waals surface area (Å²) in [6.07, 6.45) is 0. The van der Waals surface area contributed by atoms with Crippen LogP contribution in [0.1, 0.15) is 0 Å². The van der Waals surface area contributed by atoms with Crippen LogP contribution in [0.15, 0.2) is 0 Å². The molecule has 1 spiro atoms. The molecule has 2 rings (SSSR count). The summed E-state index contributed by atoms with van der Waals surface area (Å²) >= 11 is 0. The van der Waals surface area contributed by atoms with Gasteiger partial charge in [0.1, 0.15) is 0 Å². The van der Waals surface area contributed by atoms with Crippen LogP contribution in [0, 0.1) is 5.41 Å². The monoisotopic (exact) mass is 189 g/mol. The van der Waals surface area contributed by atoms with Gasteiger partial charge in [0.2, 0.25) is 5.67 Å². The number of carbonyl (C=O) groups is 1. The van der Waals surface area contributed by atoms with Crippen molar-refractivity contribution in [2.45, 2.75) is 5.67 Å². The largest absolute Gasteiger partial charge is 0.467 e. The van der Waals surface area contributed by atoms with E-state index in [1.807, 2.05) is 0 Å². The fourth-order valence-electron chi connectivity index (χ4n) is 1.93. The van der Waals surface area contributed by atoms with Gasteiger partial charge in [0.05, 0.1) is 25.7 Å². The molecule has 2 fully saturated rings. The minimum absolute atomic E-state index is 0.0308. The molecule has 2 saturated heterocycles. The summed E-state index contributed by atoms with van der Waals surface area (Å²) < 4.78 is 23.6. The number of hydrogen-bond donors (Lipinski definition) is 1. The van der Waals surface area contributed by atoms with Gasteiger partial charge in [-0.3, -0.25) is 0 Å². The minimum Gasteiger partial charge on any atom is -0.467 e. The van der Waals surface area contributed by atoms with Crippen molar-refractivity contribution >= 4 is 5.97 Å². The Balaban J connectivity index is 2.24. The minimum atomic E-state index is -1.90. The lowest BCUT2D eigenvalue weighted by atomic mass is 9.74. The third kappa shape index (κ3) is 0.941. The Labute approximate surface area is 75.4 Å². The summed E-state index contributed by atoms with van der Waals surface area (Å²) in [7, 11) is 1.20. The van der Waals surface area contributed by atoms with Crippen LogP contribution in [0.3, 0.4) is 0 Å². The zero-order valence-electron chi connectivity index (χ0n) is 7.43. The van der Waals surface area contributed by atoms with Crippen molar-refractivity contribution in [2.24, 2.45) is 5.41 Å². The van der Waals surface area contributed by atoms with E-state index in [0.717, 1.165) is 0 Å². The number of methoxy groups -OCH3 is 1. The highest BCUT2D eigenvalue weighted by atomic mass is 19.1. The van der Waals surface area contributed by atoms with Crippen LogP contribution in [0.4, 0.5) is 4.39 Å². The smallest absolute Gasteiger partial charge is 0.345 e. The van der Waals surface area contributed by atoms with E-state index in [0.29, 0.717) is 19.8 Å². The maximum Gasteiger partial charge on any atom is 0.345 e. The molecule has 1 unspecified atom stereocenters. The van der Waals surface area contributed by atoms with E-state index >= 15 is 0 Å². The summed E-state index contributed by atoms with van der Waals surface area (Å²) in [6, 6.07) is 0. The zero-order chi connectivity index (χ0) is 9.53. The molecule has 1 N–H and O–H groups in total. The average molecular weight is 189 g/mol. The van der Waals surface area contributed by atoms with Gasteiger partial charge < -0.3 is 14.8 Å². The van der Waals surface area contributed by atoms with Crippen molar-refractivity contribution in [1.82, 2.24) is 5.32 Å². The normalized spacial score (nSPS) is 35.8. The second kappa shape index (κ2) is 2.65. The number of ether oxygens (including phenoxy) is 2. The SMILES string of the molecule is COC(=O)C1(F)CNCC12COC2. The molecule has 0 aliphatic carbocycles. The second-order valence-corrected chi connectivity index (χ2v) is 3.67. The Kier molecular flexibility index (Phi) is 1.82. The van der Waals surface area contributed by atoms with Crippen LogP contribution in [0.5, 0.6) is 0 Å². The van der Waals surface area contributed by atoms with Crippen LogP contribution in [0.2, 0.25) is 0 Å². The number of nitrogens with one attached hydrogen (secondary N) is 1. The van der Waals surface area contributed by atoms with Crippen molar-refractivity contribution < 1.29 is 18.7 Å². The van der Waals surface area contributed by atoms with E-state index in [1.165, 1.54) is 7.11 Å². The predicted molar refractivity (Wildman–Crippen MR) is 42.0 cm³/mol. The highest BCUT2D eigenvalue weighted by Crippen LogP contribution is 2.45. The summed E-state index contributed by atoms with van der Waals surface area (Å²) in [5.74, 6) is -0.791. The van der Waals surface area contributed by atoms with Gasteiger partial charge in [-0.1, -0.05) is 0 Å². The first-order valence-corrected chi connectivity index (χ1v) is 4.20. The van der Waals surface area contributed by atoms with E-state index < -0.39 is 17.1 Å². The maximum atomic E-state index is 14.2. The molecule has 0 saturated carbocycles. The number of hydrogen-bond acceptors (Lipinski definition) is 4. The third-order valence-electron chi connectivity index (χ3n) is 2.94. The van der Waals surface area contributed by atoms with E-state index in [1.54, 1.807) is 0 Å². The van der Waals surface area contributed by atoms with Gasteiger partial charge in [-0.25, -0.2) is 9.18 Å². The van der Waals surface area contributed by atoms with Crippen molar-refractivity contribution in [3.8, 4) is 0 Å². The fourth-order valence-corrected chi connectivity index (χ4v) is 1.93. The summed E-state index contributed by atoms with van der Waals surface area (Å²) in [6.45, 7) is 1.11. The first kappa shape index (κ1) is 8.90. The molecule has 74 valence electrons. The van der Waals surface area contributed by atoms with E-state index in [-0.39, 0.29) is 6.54 Å². The Hall–Kier alpha value is -0.680. The third-order valence-corrected chi connectivity index (χ3v) is 2.94. The molecular formula is C8H12FNO3. The number of esters is 1. The molecule has 5 heteroatoms. The van der Waals surface area contributed by atoms with Crippen molar-refractivity contribution in [3.05, 3.63) is 0 Å². The molecular weight excluding hydrogens is 177 g/mol. The molecule has 0 aromatic carbocycles. The van der Waals surface area contributed by atoms with E-state index in [9.17, 15) is 9.18 Å². The van der Waals surface area contributed by atoms with Gasteiger partial charge in [-0.2, -0.15) is 0 Å². The predicted octanol–water partition coefficient (Wildman–Crippen LogP) is -0.513. The summed E-state index contributed by atoms with van der Waals surface area (Å²) in [5.41, 5.74) is -2.58. The molecule has 0 radical (unpaired) electrons. The first-order chi connectivity index (χ1) is 6.15. The second-order valence-electron chi connectivity index (χ2n) is 3.67. The van der Waals surface area contributed by atoms with Gasteiger partial charge in [0, 0.05) is 13.1 Å². The lowest BCUT2D eigenvalue weighted by molar-refractivity contribution is -0.194. The summed E-state index contributed by atoms with van der Waals surface area (Å²) in [4.78, 5) is 11.3. The lowest BCUT2D eigenvalue weighted by Gasteiger charge is -2.43. The highest BCUT2D eigenvalue weighted by Gasteiger charge is 2.65. The molecule has 0 amide bonds. The van der Waals surface area contributed by atoms with Gasteiger partial charge in [0.25, 0.3) is 0 Å². The molecule has 0 aromatic rings. The molecule has 2 aliphatic heterocycles. The van der Waals surface area contributed by atoms with Gasteiger partial charge in [-0.15, -0.1) is 0 Å². The van der Waals surface area contributed by atoms with Gasteiger partial charge >= 0.3 is 5.97 Å². The van der Waals surface area contributed by atoms with Crippen LogP contribution in [-0.4, -0.2) is 45.1 Å². The van der Waals surface area contributed by atoms with Gasteiger partial charge in [0.15, 0.2) is 0 Å². The van der Waals surface area contributed by atoms with Crippen LogP contribution in [0.25, 0.3) is 0 Å². The number of alkyl halides is 1. The van der Waals surface area contributed by atoms with Gasteiger partial charge in [-0.05, 0) is 0 Å². The molecule has 13 heavy (non-hydrogen) atoms. The maximum absolute atomic E-state index is 14.2. The van der Waals surface area contributed by atoms with Crippen LogP contribution < -0.4 is 5.32 Å². The number of rotatable bonds is 1. The van der Waals surface area contributed by atoms with E-state index in [4.69, 9.17) is 4.74 Å². The lowest BCUT2D eigenvalue weighted by Crippen LogP contribution is -2.61. The molecule has 1 atom stereocenters. The zero-order valence-corrected chi connectivity index (χ0v) is 7.43. The Morgan fingerprint density at radius 1 is 1.54 bits per heavy atom. The summed E-state index contributed by atoms with van der Waals surface area (Å²) in [5, 5.41) is 2.86.